The number of rotatable bonds is 6. The molecule has 2 heterocycles. The van der Waals surface area contributed by atoms with Crippen LogP contribution in [0.4, 0.5) is 17.2 Å². The van der Waals surface area contributed by atoms with Crippen LogP contribution in [-0.2, 0) is 31.9 Å². The first-order chi connectivity index (χ1) is 24.0. The van der Waals surface area contributed by atoms with Crippen molar-refractivity contribution in [3.63, 3.8) is 0 Å². The zero-order valence-corrected chi connectivity index (χ0v) is 32.0. The van der Waals surface area contributed by atoms with E-state index in [9.17, 15) is 5.11 Å². The molecule has 0 aliphatic rings. The molecule has 5 nitrogen and oxygen atoms in total. The number of hydrogen-bond acceptors (Lipinski definition) is 5. The van der Waals surface area contributed by atoms with E-state index in [4.69, 9.17) is 15.0 Å². The topological polar surface area (TPSA) is 62.1 Å². The average Bonchev–Trinajstić information content (AvgIpc) is 3.12. The molecule has 258 valence electrons. The van der Waals surface area contributed by atoms with Gasteiger partial charge in [-0.25, -0.2) is 9.97 Å². The predicted molar refractivity (Wildman–Crippen MR) is 206 cm³/mol. The minimum absolute atomic E-state index is 0. The number of fused-ring (bicyclic) bond motifs is 1. The van der Waals surface area contributed by atoms with Gasteiger partial charge in [-0.1, -0.05) is 126 Å². The molecule has 6 heteroatoms. The zero-order valence-electron chi connectivity index (χ0n) is 29.8. The van der Waals surface area contributed by atoms with E-state index >= 15 is 0 Å². The molecule has 0 saturated carbocycles. The summed E-state index contributed by atoms with van der Waals surface area (Å²) in [5.41, 5.74) is 7.20. The minimum atomic E-state index is -0.293. The number of hydrogen-bond donors (Lipinski definition) is 1. The van der Waals surface area contributed by atoms with E-state index in [0.29, 0.717) is 17.1 Å². The molecule has 0 amide bonds. The van der Waals surface area contributed by atoms with Gasteiger partial charge in [-0.3, -0.25) is 4.98 Å². The van der Waals surface area contributed by atoms with Crippen molar-refractivity contribution in [1.82, 2.24) is 15.0 Å². The van der Waals surface area contributed by atoms with Crippen LogP contribution >= 0.6 is 0 Å². The summed E-state index contributed by atoms with van der Waals surface area (Å²) in [6.45, 7) is 12.9. The monoisotopic (exact) mass is 848 g/mol. The number of anilines is 3. The van der Waals surface area contributed by atoms with Crippen molar-refractivity contribution < 1.29 is 26.2 Å². The van der Waals surface area contributed by atoms with Gasteiger partial charge in [0.05, 0.1) is 16.9 Å². The zero-order chi connectivity index (χ0) is 35.0. The molecule has 1 N–H and O–H groups in total. The fraction of sp³-hybridized carbons (Fsp3) is 0.178. The van der Waals surface area contributed by atoms with E-state index in [-0.39, 0.29) is 37.6 Å². The van der Waals surface area contributed by atoms with Crippen LogP contribution in [0.5, 0.6) is 5.75 Å². The van der Waals surface area contributed by atoms with Crippen LogP contribution in [-0.4, -0.2) is 20.1 Å². The van der Waals surface area contributed by atoms with Gasteiger partial charge in [0.15, 0.2) is 5.82 Å². The Morgan fingerprint density at radius 3 is 2.06 bits per heavy atom. The van der Waals surface area contributed by atoms with E-state index in [0.717, 1.165) is 55.9 Å². The second-order valence-electron chi connectivity index (χ2n) is 14.7. The first kappa shape index (κ1) is 35.7. The van der Waals surface area contributed by atoms with Crippen LogP contribution in [0.25, 0.3) is 44.7 Å². The maximum absolute atomic E-state index is 11.8. The third-order valence-electron chi connectivity index (χ3n) is 9.00. The van der Waals surface area contributed by atoms with Gasteiger partial charge < -0.3 is 10.0 Å². The number of pyridine rings is 1. The molecule has 0 radical (unpaired) electrons. The fourth-order valence-electron chi connectivity index (χ4n) is 6.27. The van der Waals surface area contributed by atoms with Crippen molar-refractivity contribution in [2.24, 2.45) is 0 Å². The van der Waals surface area contributed by atoms with Crippen molar-refractivity contribution in [2.45, 2.75) is 52.4 Å². The van der Waals surface area contributed by atoms with Gasteiger partial charge in [0, 0.05) is 38.2 Å². The molecule has 7 rings (SSSR count). The Kier molecular flexibility index (Phi) is 9.97. The van der Waals surface area contributed by atoms with Gasteiger partial charge in [0.25, 0.3) is 0 Å². The Bertz CT molecular complexity index is 2300. The third-order valence-corrected chi connectivity index (χ3v) is 9.00. The number of aromatic nitrogens is 3. The summed E-state index contributed by atoms with van der Waals surface area (Å²) in [4.78, 5) is 17.2. The standard InChI is InChI=1S/C45H41N4O.Pt/c1-44(2,3)33-27-36(42(50)37(28-33)45(4,5)6)43-47-38(31-17-8-7-9-18-31)29-39(48-43)32-20-14-21-34(26-32)49(41-24-12-13-25-46-41)40-23-15-19-30-16-10-11-22-35(30)40;/h7-25,27-29,50H,1-6H3;/q-1;. The Balaban J connectivity index is 0.00000448. The maximum atomic E-state index is 11.8. The third kappa shape index (κ3) is 7.36. The molecule has 51 heavy (non-hydrogen) atoms. The molecule has 0 saturated heterocycles. The summed E-state index contributed by atoms with van der Waals surface area (Å²) in [6, 6.07) is 46.7. The van der Waals surface area contributed by atoms with E-state index < -0.39 is 0 Å². The van der Waals surface area contributed by atoms with Crippen LogP contribution in [0, 0.1) is 6.07 Å². The van der Waals surface area contributed by atoms with Crippen molar-refractivity contribution in [3.8, 4) is 39.7 Å². The first-order valence-corrected chi connectivity index (χ1v) is 17.0. The number of benzene rings is 5. The Labute approximate surface area is 315 Å². The fourth-order valence-corrected chi connectivity index (χ4v) is 6.27. The number of phenols is 1. The van der Waals surface area contributed by atoms with Crippen LogP contribution in [0.15, 0.2) is 134 Å². The van der Waals surface area contributed by atoms with Gasteiger partial charge in [-0.15, -0.1) is 29.8 Å². The predicted octanol–water partition coefficient (Wildman–Crippen LogP) is 11.6. The molecule has 7 aromatic rings. The first-order valence-electron chi connectivity index (χ1n) is 17.0. The summed E-state index contributed by atoms with van der Waals surface area (Å²) in [6.07, 6.45) is 1.81. The number of nitrogens with zero attached hydrogens (tertiary/aromatic N) is 4. The number of phenolic OH excluding ortho intramolecular Hbond substituents is 1. The molecule has 5 aromatic carbocycles. The molecular weight excluding hydrogens is 808 g/mol. The Morgan fingerprint density at radius 2 is 1.33 bits per heavy atom. The van der Waals surface area contributed by atoms with Crippen LogP contribution in [0.3, 0.4) is 0 Å². The SMILES string of the molecule is CC(C)(C)c1cc(-c2nc(-c3[c-]c(N(c4ccccn4)c4cccc5ccccc45)ccc3)cc(-c3ccccc3)n2)c(O)c(C(C)(C)C)c1.[Pt]. The normalized spacial score (nSPS) is 11.6. The average molecular weight is 849 g/mol. The minimum Gasteiger partial charge on any atom is -0.507 e. The van der Waals surface area contributed by atoms with E-state index in [1.807, 2.05) is 79.0 Å². The van der Waals surface area contributed by atoms with Crippen LogP contribution in [0.2, 0.25) is 0 Å². The molecule has 0 fully saturated rings. The van der Waals surface area contributed by atoms with Crippen molar-refractivity contribution >= 4 is 28.0 Å². The van der Waals surface area contributed by atoms with Gasteiger partial charge in [0.2, 0.25) is 0 Å². The van der Waals surface area contributed by atoms with Crippen molar-refractivity contribution in [3.05, 3.63) is 151 Å². The van der Waals surface area contributed by atoms with Crippen LogP contribution < -0.4 is 4.90 Å². The quantitative estimate of drug-likeness (QED) is 0.169. The summed E-state index contributed by atoms with van der Waals surface area (Å²) in [5.74, 6) is 1.45. The molecule has 0 unspecified atom stereocenters. The van der Waals surface area contributed by atoms with Crippen LogP contribution in [0.1, 0.15) is 52.7 Å². The van der Waals surface area contributed by atoms with E-state index in [1.165, 1.54) is 0 Å². The smallest absolute Gasteiger partial charge is 0.154 e. The van der Waals surface area contributed by atoms with Gasteiger partial charge in [-0.2, -0.15) is 0 Å². The van der Waals surface area contributed by atoms with Gasteiger partial charge >= 0.3 is 0 Å². The summed E-state index contributed by atoms with van der Waals surface area (Å²) >= 11 is 0. The molecule has 0 aliphatic heterocycles. The summed E-state index contributed by atoms with van der Waals surface area (Å²) < 4.78 is 0. The van der Waals surface area contributed by atoms with Gasteiger partial charge in [0.1, 0.15) is 11.6 Å². The summed E-state index contributed by atoms with van der Waals surface area (Å²) in [5, 5.41) is 14.1. The maximum Gasteiger partial charge on any atom is 0.154 e. The Morgan fingerprint density at radius 1 is 0.647 bits per heavy atom. The summed E-state index contributed by atoms with van der Waals surface area (Å²) in [7, 11) is 0. The van der Waals surface area contributed by atoms with Crippen molar-refractivity contribution in [1.29, 1.82) is 0 Å². The van der Waals surface area contributed by atoms with E-state index in [2.05, 4.69) is 107 Å². The van der Waals surface area contributed by atoms with Gasteiger partial charge in [-0.05, 0) is 63.0 Å². The molecule has 0 spiro atoms. The van der Waals surface area contributed by atoms with Crippen molar-refractivity contribution in [2.75, 3.05) is 4.90 Å². The largest absolute Gasteiger partial charge is 0.507 e. The van der Waals surface area contributed by atoms with E-state index in [1.54, 1.807) is 0 Å². The Hall–Kier alpha value is -5.12. The molecule has 0 aliphatic carbocycles. The molecule has 2 aromatic heterocycles. The second kappa shape index (κ2) is 14.2. The second-order valence-corrected chi connectivity index (χ2v) is 14.7. The molecule has 0 atom stereocenters. The molecular formula is C45H41N4OPt-. The number of aromatic hydroxyl groups is 1. The molecule has 0 bridgehead atoms.